The number of rotatable bonds is 5. The number of hydrogen-bond donors (Lipinski definition) is 2. The third kappa shape index (κ3) is 3.82. The Hall–Kier alpha value is -2.19. The molecule has 0 saturated heterocycles. The highest BCUT2D eigenvalue weighted by molar-refractivity contribution is 7.83. The van der Waals surface area contributed by atoms with Crippen LogP contribution >= 0.6 is 0 Å². The zero-order chi connectivity index (χ0) is 17.3. The molecule has 1 atom stereocenters. The van der Waals surface area contributed by atoms with Gasteiger partial charge in [0.1, 0.15) is 16.8 Å². The minimum Gasteiger partial charge on any atom is -0.322 e. The van der Waals surface area contributed by atoms with E-state index in [0.717, 1.165) is 37.1 Å². The molecule has 1 fully saturated rings. The number of benzene rings is 2. The third-order valence-electron chi connectivity index (χ3n) is 3.42. The van der Waals surface area contributed by atoms with Crippen LogP contribution in [0, 0.1) is 17.5 Å². The molecule has 0 aliphatic heterocycles. The van der Waals surface area contributed by atoms with Gasteiger partial charge in [-0.3, -0.25) is 4.79 Å². The van der Waals surface area contributed by atoms with E-state index in [-0.39, 0.29) is 22.2 Å². The fourth-order valence-corrected chi connectivity index (χ4v) is 3.12. The van der Waals surface area contributed by atoms with Gasteiger partial charge in [-0.25, -0.2) is 22.1 Å². The number of hydrogen-bond acceptors (Lipinski definition) is 2. The molecule has 2 aromatic rings. The maximum Gasteiger partial charge on any atom is 0.255 e. The summed E-state index contributed by atoms with van der Waals surface area (Å²) >= 11 is 0. The minimum atomic E-state index is -1.72. The second kappa shape index (κ2) is 6.74. The van der Waals surface area contributed by atoms with E-state index in [4.69, 9.17) is 0 Å². The van der Waals surface area contributed by atoms with Crippen molar-refractivity contribution in [1.82, 2.24) is 4.72 Å². The summed E-state index contributed by atoms with van der Waals surface area (Å²) in [5.74, 6) is -3.55. The van der Waals surface area contributed by atoms with Gasteiger partial charge in [0.2, 0.25) is 0 Å². The predicted molar refractivity (Wildman–Crippen MR) is 83.3 cm³/mol. The summed E-state index contributed by atoms with van der Waals surface area (Å²) in [4.78, 5) is 12.0. The summed E-state index contributed by atoms with van der Waals surface area (Å²) in [6.07, 6.45) is 1.78. The van der Waals surface area contributed by atoms with Crippen molar-refractivity contribution in [3.05, 3.63) is 59.4 Å². The van der Waals surface area contributed by atoms with Crippen LogP contribution in [0.15, 0.2) is 41.3 Å². The molecule has 1 amide bonds. The summed E-state index contributed by atoms with van der Waals surface area (Å²) in [6.45, 7) is 0. The van der Waals surface area contributed by atoms with Crippen molar-refractivity contribution in [1.29, 1.82) is 0 Å². The standard InChI is InChI=1S/C16H13F3N2O2S/c17-12-5-1-9(7-14(12)19)16(22)20-11-4-6-13(18)15(8-11)24(23)21-10-2-3-10/h1,4-8,10,21H,2-3H2,(H,20,22). The van der Waals surface area contributed by atoms with Crippen molar-refractivity contribution < 1.29 is 22.2 Å². The van der Waals surface area contributed by atoms with Crippen molar-refractivity contribution in [2.45, 2.75) is 23.8 Å². The zero-order valence-electron chi connectivity index (χ0n) is 12.3. The number of halogens is 3. The second-order valence-electron chi connectivity index (χ2n) is 5.39. The SMILES string of the molecule is O=C(Nc1ccc(F)c(S(=O)NC2CC2)c1)c1ccc(F)c(F)c1. The summed E-state index contributed by atoms with van der Waals surface area (Å²) in [5.41, 5.74) is 0.115. The molecular formula is C16H13F3N2O2S. The Morgan fingerprint density at radius 1 is 1.00 bits per heavy atom. The molecule has 1 unspecified atom stereocenters. The fourth-order valence-electron chi connectivity index (χ4n) is 1.98. The molecule has 24 heavy (non-hydrogen) atoms. The lowest BCUT2D eigenvalue weighted by Crippen LogP contribution is -2.20. The van der Waals surface area contributed by atoms with Crippen LogP contribution in [0.2, 0.25) is 0 Å². The number of anilines is 1. The topological polar surface area (TPSA) is 58.2 Å². The van der Waals surface area contributed by atoms with Gasteiger partial charge in [-0.15, -0.1) is 0 Å². The molecule has 8 heteroatoms. The van der Waals surface area contributed by atoms with Crippen LogP contribution in [-0.2, 0) is 11.0 Å². The summed E-state index contributed by atoms with van der Waals surface area (Å²) in [6, 6.07) is 6.49. The summed E-state index contributed by atoms with van der Waals surface area (Å²) in [7, 11) is -1.72. The van der Waals surface area contributed by atoms with E-state index < -0.39 is 34.3 Å². The van der Waals surface area contributed by atoms with Gasteiger partial charge in [0, 0.05) is 17.3 Å². The first-order valence-electron chi connectivity index (χ1n) is 7.18. The Morgan fingerprint density at radius 2 is 1.71 bits per heavy atom. The summed E-state index contributed by atoms with van der Waals surface area (Å²) in [5, 5.41) is 2.44. The van der Waals surface area contributed by atoms with E-state index in [1.807, 2.05) is 0 Å². The molecule has 0 bridgehead atoms. The first-order chi connectivity index (χ1) is 11.4. The summed E-state index contributed by atoms with van der Waals surface area (Å²) < 4.78 is 54.7. The predicted octanol–water partition coefficient (Wildman–Crippen LogP) is 3.13. The minimum absolute atomic E-state index is 0.0787. The van der Waals surface area contributed by atoms with E-state index in [0.29, 0.717) is 0 Å². The molecule has 4 nitrogen and oxygen atoms in total. The number of amides is 1. The Bertz CT molecular complexity index is 825. The Kier molecular flexibility index (Phi) is 4.68. The van der Waals surface area contributed by atoms with Crippen LogP contribution in [0.1, 0.15) is 23.2 Å². The highest BCUT2D eigenvalue weighted by Crippen LogP contribution is 2.23. The van der Waals surface area contributed by atoms with Gasteiger partial charge < -0.3 is 5.32 Å². The smallest absolute Gasteiger partial charge is 0.255 e. The van der Waals surface area contributed by atoms with Crippen molar-refractivity contribution in [2.75, 3.05) is 5.32 Å². The van der Waals surface area contributed by atoms with Crippen molar-refractivity contribution in [3.63, 3.8) is 0 Å². The quantitative estimate of drug-likeness (QED) is 0.867. The van der Waals surface area contributed by atoms with Gasteiger partial charge in [-0.05, 0) is 49.2 Å². The lowest BCUT2D eigenvalue weighted by molar-refractivity contribution is 0.102. The van der Waals surface area contributed by atoms with Gasteiger partial charge in [0.15, 0.2) is 11.6 Å². The molecule has 1 saturated carbocycles. The van der Waals surface area contributed by atoms with Gasteiger partial charge in [-0.2, -0.15) is 0 Å². The number of carbonyl (C=O) groups excluding carboxylic acids is 1. The maximum atomic E-state index is 13.8. The van der Waals surface area contributed by atoms with Gasteiger partial charge >= 0.3 is 0 Å². The van der Waals surface area contributed by atoms with Crippen LogP contribution in [0.5, 0.6) is 0 Å². The van der Waals surface area contributed by atoms with Crippen LogP contribution < -0.4 is 10.0 Å². The van der Waals surface area contributed by atoms with E-state index in [2.05, 4.69) is 10.0 Å². The van der Waals surface area contributed by atoms with Crippen LogP contribution in [0.3, 0.4) is 0 Å². The van der Waals surface area contributed by atoms with E-state index in [9.17, 15) is 22.2 Å². The lowest BCUT2D eigenvalue weighted by atomic mass is 10.2. The van der Waals surface area contributed by atoms with Crippen LogP contribution in [0.4, 0.5) is 18.9 Å². The lowest BCUT2D eigenvalue weighted by Gasteiger charge is -2.09. The first-order valence-corrected chi connectivity index (χ1v) is 8.33. The number of carbonyl (C=O) groups is 1. The highest BCUT2D eigenvalue weighted by Gasteiger charge is 2.25. The molecular weight excluding hydrogens is 341 g/mol. The fraction of sp³-hybridized carbons (Fsp3) is 0.188. The van der Waals surface area contributed by atoms with Crippen molar-refractivity contribution >= 4 is 22.6 Å². The van der Waals surface area contributed by atoms with E-state index in [1.165, 1.54) is 12.1 Å². The van der Waals surface area contributed by atoms with E-state index in [1.54, 1.807) is 0 Å². The van der Waals surface area contributed by atoms with Crippen LogP contribution in [0.25, 0.3) is 0 Å². The largest absolute Gasteiger partial charge is 0.322 e. The second-order valence-corrected chi connectivity index (χ2v) is 6.60. The molecule has 0 spiro atoms. The molecule has 1 aliphatic rings. The van der Waals surface area contributed by atoms with Crippen molar-refractivity contribution in [3.8, 4) is 0 Å². The molecule has 1 aliphatic carbocycles. The van der Waals surface area contributed by atoms with Crippen molar-refractivity contribution in [2.24, 2.45) is 0 Å². The van der Waals surface area contributed by atoms with Gasteiger partial charge in [-0.1, -0.05) is 0 Å². The van der Waals surface area contributed by atoms with Gasteiger partial charge in [0.05, 0.1) is 4.90 Å². The molecule has 2 aromatic carbocycles. The Labute approximate surface area is 138 Å². The molecule has 3 rings (SSSR count). The van der Waals surface area contributed by atoms with E-state index >= 15 is 0 Å². The molecule has 0 aromatic heterocycles. The molecule has 2 N–H and O–H groups in total. The van der Waals surface area contributed by atoms with Gasteiger partial charge in [0.25, 0.3) is 5.91 Å². The highest BCUT2D eigenvalue weighted by atomic mass is 32.2. The monoisotopic (exact) mass is 354 g/mol. The molecule has 0 heterocycles. The Balaban J connectivity index is 1.77. The Morgan fingerprint density at radius 3 is 2.38 bits per heavy atom. The third-order valence-corrected chi connectivity index (χ3v) is 4.68. The zero-order valence-corrected chi connectivity index (χ0v) is 13.1. The first kappa shape index (κ1) is 16.7. The average Bonchev–Trinajstić information content (AvgIpc) is 3.35. The maximum absolute atomic E-state index is 13.8. The normalized spacial score (nSPS) is 15.1. The molecule has 126 valence electrons. The molecule has 0 radical (unpaired) electrons. The van der Waals surface area contributed by atoms with Crippen LogP contribution in [-0.4, -0.2) is 16.2 Å². The number of nitrogens with one attached hydrogen (secondary N) is 2. The average molecular weight is 354 g/mol.